The molecule has 0 amide bonds. The van der Waals surface area contributed by atoms with Gasteiger partial charge in [-0.3, -0.25) is 4.90 Å². The zero-order chi connectivity index (χ0) is 25.0. The fourth-order valence-electron chi connectivity index (χ4n) is 4.03. The van der Waals surface area contributed by atoms with Crippen LogP contribution >= 0.6 is 0 Å². The van der Waals surface area contributed by atoms with Gasteiger partial charge in [0.15, 0.2) is 11.6 Å². The molecule has 0 aromatic heterocycles. The third kappa shape index (κ3) is 8.19. The SMILES string of the molecule is CCCCCCN(Cc1ccccc1)C(O)Cc1ccc(OCc2ccccc2C(=O)O)c(F)c1. The van der Waals surface area contributed by atoms with E-state index in [1.165, 1.54) is 24.6 Å². The Morgan fingerprint density at radius 1 is 0.971 bits per heavy atom. The normalized spacial score (nSPS) is 12.0. The summed E-state index contributed by atoms with van der Waals surface area (Å²) in [5, 5.41) is 20.3. The molecule has 35 heavy (non-hydrogen) atoms. The van der Waals surface area contributed by atoms with Crippen molar-refractivity contribution >= 4 is 5.97 Å². The molecule has 186 valence electrons. The molecule has 0 aliphatic rings. The number of carboxylic acids is 1. The molecule has 0 aliphatic heterocycles. The second-order valence-corrected chi connectivity index (χ2v) is 8.72. The number of ether oxygens (including phenoxy) is 1. The minimum Gasteiger partial charge on any atom is -0.486 e. The molecule has 3 aromatic carbocycles. The number of aliphatic hydroxyl groups excluding tert-OH is 1. The zero-order valence-corrected chi connectivity index (χ0v) is 20.2. The van der Waals surface area contributed by atoms with Gasteiger partial charge in [-0.05, 0) is 35.7 Å². The summed E-state index contributed by atoms with van der Waals surface area (Å²) in [6.07, 6.45) is 3.97. The number of aromatic carboxylic acids is 1. The van der Waals surface area contributed by atoms with Crippen molar-refractivity contribution in [3.63, 3.8) is 0 Å². The van der Waals surface area contributed by atoms with E-state index < -0.39 is 18.0 Å². The summed E-state index contributed by atoms with van der Waals surface area (Å²) in [7, 11) is 0. The lowest BCUT2D eigenvalue weighted by Crippen LogP contribution is -2.37. The highest BCUT2D eigenvalue weighted by molar-refractivity contribution is 5.89. The molecule has 0 saturated carbocycles. The molecule has 2 N–H and O–H groups in total. The van der Waals surface area contributed by atoms with Crippen molar-refractivity contribution < 1.29 is 24.1 Å². The van der Waals surface area contributed by atoms with Crippen molar-refractivity contribution in [3.05, 3.63) is 101 Å². The van der Waals surface area contributed by atoms with Crippen LogP contribution in [0.5, 0.6) is 5.75 Å². The maximum absolute atomic E-state index is 14.8. The predicted octanol–water partition coefficient (Wildman–Crippen LogP) is 6.05. The maximum atomic E-state index is 14.8. The van der Waals surface area contributed by atoms with Gasteiger partial charge in [-0.2, -0.15) is 0 Å². The lowest BCUT2D eigenvalue weighted by Gasteiger charge is -2.28. The van der Waals surface area contributed by atoms with E-state index in [1.807, 2.05) is 35.2 Å². The molecule has 0 saturated heterocycles. The minimum absolute atomic E-state index is 0.0455. The highest BCUT2D eigenvalue weighted by atomic mass is 19.1. The molecule has 0 spiro atoms. The number of nitrogens with zero attached hydrogens (tertiary/aromatic N) is 1. The highest BCUT2D eigenvalue weighted by Gasteiger charge is 2.18. The molecule has 5 nitrogen and oxygen atoms in total. The first-order chi connectivity index (χ1) is 17.0. The molecule has 0 fully saturated rings. The van der Waals surface area contributed by atoms with Gasteiger partial charge in [0, 0.05) is 25.1 Å². The van der Waals surface area contributed by atoms with Crippen LogP contribution in [0.15, 0.2) is 72.8 Å². The molecule has 0 heterocycles. The van der Waals surface area contributed by atoms with Gasteiger partial charge in [0.25, 0.3) is 0 Å². The average Bonchev–Trinajstić information content (AvgIpc) is 2.86. The Morgan fingerprint density at radius 3 is 2.43 bits per heavy atom. The highest BCUT2D eigenvalue weighted by Crippen LogP contribution is 2.22. The first-order valence-electron chi connectivity index (χ1n) is 12.2. The average molecular weight is 480 g/mol. The topological polar surface area (TPSA) is 70.0 Å². The van der Waals surface area contributed by atoms with Crippen LogP contribution in [0.2, 0.25) is 0 Å². The van der Waals surface area contributed by atoms with Crippen LogP contribution in [0.25, 0.3) is 0 Å². The summed E-state index contributed by atoms with van der Waals surface area (Å²) < 4.78 is 20.3. The Balaban J connectivity index is 1.64. The van der Waals surface area contributed by atoms with E-state index in [9.17, 15) is 19.4 Å². The number of benzene rings is 3. The van der Waals surface area contributed by atoms with Crippen LogP contribution in [-0.2, 0) is 19.6 Å². The van der Waals surface area contributed by atoms with Gasteiger partial charge < -0.3 is 14.9 Å². The number of hydrogen-bond donors (Lipinski definition) is 2. The monoisotopic (exact) mass is 479 g/mol. The van der Waals surface area contributed by atoms with Crippen molar-refractivity contribution in [2.24, 2.45) is 0 Å². The van der Waals surface area contributed by atoms with E-state index >= 15 is 0 Å². The first-order valence-corrected chi connectivity index (χ1v) is 12.2. The largest absolute Gasteiger partial charge is 0.486 e. The number of aliphatic hydroxyl groups is 1. The van der Waals surface area contributed by atoms with Crippen LogP contribution in [-0.4, -0.2) is 33.9 Å². The van der Waals surface area contributed by atoms with Gasteiger partial charge in [0.2, 0.25) is 0 Å². The smallest absolute Gasteiger partial charge is 0.336 e. The lowest BCUT2D eigenvalue weighted by atomic mass is 10.1. The summed E-state index contributed by atoms with van der Waals surface area (Å²) in [4.78, 5) is 13.4. The van der Waals surface area contributed by atoms with Gasteiger partial charge >= 0.3 is 5.97 Å². The Bertz CT molecular complexity index is 1070. The lowest BCUT2D eigenvalue weighted by molar-refractivity contribution is -0.00277. The molecule has 0 aliphatic carbocycles. The van der Waals surface area contributed by atoms with E-state index in [0.717, 1.165) is 31.4 Å². The van der Waals surface area contributed by atoms with Crippen molar-refractivity contribution in [2.45, 2.75) is 58.4 Å². The summed E-state index contributed by atoms with van der Waals surface area (Å²) in [5.74, 6) is -1.55. The molecule has 1 unspecified atom stereocenters. The van der Waals surface area contributed by atoms with Gasteiger partial charge in [-0.15, -0.1) is 0 Å². The summed E-state index contributed by atoms with van der Waals surface area (Å²) in [6.45, 7) is 3.51. The summed E-state index contributed by atoms with van der Waals surface area (Å²) in [6, 6.07) is 21.2. The molecule has 3 aromatic rings. The van der Waals surface area contributed by atoms with E-state index in [4.69, 9.17) is 4.74 Å². The molecule has 0 bridgehead atoms. The Kier molecular flexibility index (Phi) is 10.3. The Hall–Kier alpha value is -3.22. The number of unbranched alkanes of at least 4 members (excludes halogenated alkanes) is 3. The number of hydrogen-bond acceptors (Lipinski definition) is 4. The van der Waals surface area contributed by atoms with Crippen molar-refractivity contribution in [2.75, 3.05) is 6.54 Å². The quantitative estimate of drug-likeness (QED) is 0.218. The van der Waals surface area contributed by atoms with Crippen molar-refractivity contribution in [1.29, 1.82) is 0 Å². The second kappa shape index (κ2) is 13.6. The van der Waals surface area contributed by atoms with Gasteiger partial charge in [0.1, 0.15) is 12.8 Å². The molecular formula is C29H34FNO4. The minimum atomic E-state index is -1.05. The van der Waals surface area contributed by atoms with Crippen LogP contribution in [0.4, 0.5) is 4.39 Å². The number of halogens is 1. The Morgan fingerprint density at radius 2 is 1.71 bits per heavy atom. The summed E-state index contributed by atoms with van der Waals surface area (Å²) in [5.41, 5.74) is 2.39. The number of carbonyl (C=O) groups is 1. The first kappa shape index (κ1) is 26.4. The molecule has 1 atom stereocenters. The van der Waals surface area contributed by atoms with E-state index in [0.29, 0.717) is 24.1 Å². The summed E-state index contributed by atoms with van der Waals surface area (Å²) >= 11 is 0. The third-order valence-corrected chi connectivity index (χ3v) is 5.99. The predicted molar refractivity (Wildman–Crippen MR) is 135 cm³/mol. The van der Waals surface area contributed by atoms with Crippen LogP contribution in [0.3, 0.4) is 0 Å². The molecular weight excluding hydrogens is 445 g/mol. The van der Waals surface area contributed by atoms with Crippen LogP contribution in [0.1, 0.15) is 59.7 Å². The van der Waals surface area contributed by atoms with Crippen molar-refractivity contribution in [1.82, 2.24) is 4.90 Å². The standard InChI is InChI=1S/C29H34FNO4/c1-2-3-4-10-17-31(20-22-11-6-5-7-12-22)28(32)19-23-15-16-27(26(30)18-23)35-21-24-13-8-9-14-25(24)29(33)34/h5-9,11-16,18,28,32H,2-4,10,17,19-21H2,1H3,(H,33,34). The van der Waals surface area contributed by atoms with E-state index in [-0.39, 0.29) is 17.9 Å². The van der Waals surface area contributed by atoms with E-state index in [1.54, 1.807) is 24.3 Å². The van der Waals surface area contributed by atoms with Crippen molar-refractivity contribution in [3.8, 4) is 5.75 Å². The molecule has 3 rings (SSSR count). The van der Waals surface area contributed by atoms with Crippen LogP contribution < -0.4 is 4.74 Å². The Labute approximate surface area is 206 Å². The van der Waals surface area contributed by atoms with Crippen LogP contribution in [0, 0.1) is 5.82 Å². The molecule has 6 heteroatoms. The van der Waals surface area contributed by atoms with Gasteiger partial charge in [-0.25, -0.2) is 9.18 Å². The fraction of sp³-hybridized carbons (Fsp3) is 0.345. The molecule has 0 radical (unpaired) electrons. The second-order valence-electron chi connectivity index (χ2n) is 8.72. The third-order valence-electron chi connectivity index (χ3n) is 5.99. The van der Waals surface area contributed by atoms with Gasteiger partial charge in [0.05, 0.1) is 5.56 Å². The fourth-order valence-corrected chi connectivity index (χ4v) is 4.03. The number of carboxylic acid groups (broad SMARTS) is 1. The van der Waals surface area contributed by atoms with Gasteiger partial charge in [-0.1, -0.05) is 80.8 Å². The maximum Gasteiger partial charge on any atom is 0.336 e. The zero-order valence-electron chi connectivity index (χ0n) is 20.2. The van der Waals surface area contributed by atoms with E-state index in [2.05, 4.69) is 6.92 Å². The number of rotatable bonds is 14.